The van der Waals surface area contributed by atoms with Crippen LogP contribution in [0.4, 0.5) is 0 Å². The van der Waals surface area contributed by atoms with Crippen molar-refractivity contribution in [3.8, 4) is 6.07 Å². The monoisotopic (exact) mass is 187 g/mol. The van der Waals surface area contributed by atoms with Gasteiger partial charge in [-0.2, -0.15) is 5.26 Å². The third-order valence-electron chi connectivity index (χ3n) is 1.94. The smallest absolute Gasteiger partial charge is 0.133 e. The number of H-pyrrole nitrogens is 1. The summed E-state index contributed by atoms with van der Waals surface area (Å²) < 4.78 is 4.96. The molecule has 4 heteroatoms. The predicted octanol–water partition coefficient (Wildman–Crippen LogP) is 1.58. The molecule has 0 aliphatic rings. The SMILES string of the molecule is COCc1nc2ccc(C#N)cc2[nH]1. The lowest BCUT2D eigenvalue weighted by atomic mass is 10.2. The van der Waals surface area contributed by atoms with Gasteiger partial charge in [0.25, 0.3) is 0 Å². The van der Waals surface area contributed by atoms with Crippen molar-refractivity contribution in [2.75, 3.05) is 7.11 Å². The van der Waals surface area contributed by atoms with E-state index in [1.807, 2.05) is 6.07 Å². The van der Waals surface area contributed by atoms with E-state index in [4.69, 9.17) is 10.00 Å². The number of hydrogen-bond acceptors (Lipinski definition) is 3. The van der Waals surface area contributed by atoms with Crippen LogP contribution in [-0.2, 0) is 11.3 Å². The maximum Gasteiger partial charge on any atom is 0.133 e. The molecule has 0 atom stereocenters. The number of rotatable bonds is 2. The molecular weight excluding hydrogens is 178 g/mol. The first kappa shape index (κ1) is 8.73. The van der Waals surface area contributed by atoms with Crippen molar-refractivity contribution in [1.82, 2.24) is 9.97 Å². The Morgan fingerprint density at radius 1 is 1.57 bits per heavy atom. The van der Waals surface area contributed by atoms with Crippen molar-refractivity contribution in [2.24, 2.45) is 0 Å². The third-order valence-corrected chi connectivity index (χ3v) is 1.94. The molecule has 0 fully saturated rings. The first-order valence-electron chi connectivity index (χ1n) is 4.21. The predicted molar refractivity (Wildman–Crippen MR) is 51.5 cm³/mol. The second-order valence-electron chi connectivity index (χ2n) is 2.96. The normalized spacial score (nSPS) is 10.3. The summed E-state index contributed by atoms with van der Waals surface area (Å²) in [5.74, 6) is 0.776. The molecule has 1 aromatic heterocycles. The molecule has 0 saturated heterocycles. The summed E-state index contributed by atoms with van der Waals surface area (Å²) >= 11 is 0. The molecule has 14 heavy (non-hydrogen) atoms. The number of hydrogen-bond donors (Lipinski definition) is 1. The van der Waals surface area contributed by atoms with Crippen LogP contribution < -0.4 is 0 Å². The van der Waals surface area contributed by atoms with Crippen LogP contribution in [0.15, 0.2) is 18.2 Å². The van der Waals surface area contributed by atoms with Gasteiger partial charge in [-0.1, -0.05) is 0 Å². The molecule has 0 spiro atoms. The molecular formula is C10H9N3O. The molecule has 2 aromatic rings. The Bertz CT molecular complexity index is 496. The van der Waals surface area contributed by atoms with E-state index in [1.165, 1.54) is 0 Å². The van der Waals surface area contributed by atoms with Crippen molar-refractivity contribution in [3.63, 3.8) is 0 Å². The van der Waals surface area contributed by atoms with Gasteiger partial charge in [0.15, 0.2) is 0 Å². The highest BCUT2D eigenvalue weighted by molar-refractivity contribution is 5.76. The van der Waals surface area contributed by atoms with Crippen LogP contribution in [0.3, 0.4) is 0 Å². The number of imidazole rings is 1. The Kier molecular flexibility index (Phi) is 2.17. The van der Waals surface area contributed by atoms with Crippen LogP contribution in [0.25, 0.3) is 11.0 Å². The highest BCUT2D eigenvalue weighted by Gasteiger charge is 2.02. The minimum absolute atomic E-state index is 0.455. The molecule has 1 aromatic carbocycles. The summed E-state index contributed by atoms with van der Waals surface area (Å²) in [6.45, 7) is 0.455. The van der Waals surface area contributed by atoms with E-state index in [2.05, 4.69) is 16.0 Å². The summed E-state index contributed by atoms with van der Waals surface area (Å²) in [5.41, 5.74) is 2.36. The first-order valence-corrected chi connectivity index (χ1v) is 4.21. The van der Waals surface area contributed by atoms with Gasteiger partial charge in [-0.3, -0.25) is 0 Å². The van der Waals surface area contributed by atoms with Gasteiger partial charge in [0.1, 0.15) is 12.4 Å². The Morgan fingerprint density at radius 3 is 3.14 bits per heavy atom. The maximum atomic E-state index is 8.70. The average Bonchev–Trinajstić information content (AvgIpc) is 2.59. The zero-order valence-corrected chi connectivity index (χ0v) is 7.74. The van der Waals surface area contributed by atoms with Crippen molar-refractivity contribution in [1.29, 1.82) is 5.26 Å². The summed E-state index contributed by atoms with van der Waals surface area (Å²) in [7, 11) is 1.62. The molecule has 1 N–H and O–H groups in total. The van der Waals surface area contributed by atoms with Crippen LogP contribution >= 0.6 is 0 Å². The van der Waals surface area contributed by atoms with Gasteiger partial charge in [-0.15, -0.1) is 0 Å². The fraction of sp³-hybridized carbons (Fsp3) is 0.200. The van der Waals surface area contributed by atoms with E-state index in [1.54, 1.807) is 19.2 Å². The van der Waals surface area contributed by atoms with E-state index in [9.17, 15) is 0 Å². The number of fused-ring (bicyclic) bond motifs is 1. The number of nitrogens with zero attached hydrogens (tertiary/aromatic N) is 2. The van der Waals surface area contributed by atoms with E-state index >= 15 is 0 Å². The zero-order chi connectivity index (χ0) is 9.97. The molecule has 0 unspecified atom stereocenters. The summed E-state index contributed by atoms with van der Waals surface area (Å²) in [5, 5.41) is 8.70. The minimum Gasteiger partial charge on any atom is -0.377 e. The van der Waals surface area contributed by atoms with Gasteiger partial charge in [-0.25, -0.2) is 4.98 Å². The standard InChI is InChI=1S/C10H9N3O/c1-14-6-10-12-8-3-2-7(5-11)4-9(8)13-10/h2-4H,6H2,1H3,(H,12,13). The number of nitriles is 1. The van der Waals surface area contributed by atoms with E-state index in [0.29, 0.717) is 12.2 Å². The fourth-order valence-electron chi connectivity index (χ4n) is 1.34. The Labute approximate surface area is 81.1 Å². The maximum absolute atomic E-state index is 8.70. The largest absolute Gasteiger partial charge is 0.377 e. The molecule has 0 aliphatic carbocycles. The van der Waals surface area contributed by atoms with Gasteiger partial charge >= 0.3 is 0 Å². The zero-order valence-electron chi connectivity index (χ0n) is 7.74. The highest BCUT2D eigenvalue weighted by Crippen LogP contribution is 2.13. The van der Waals surface area contributed by atoms with Crippen LogP contribution in [0.2, 0.25) is 0 Å². The Hall–Kier alpha value is -1.86. The van der Waals surface area contributed by atoms with Crippen molar-refractivity contribution in [3.05, 3.63) is 29.6 Å². The number of aromatic nitrogens is 2. The number of methoxy groups -OCH3 is 1. The van der Waals surface area contributed by atoms with Crippen LogP contribution in [-0.4, -0.2) is 17.1 Å². The van der Waals surface area contributed by atoms with Crippen LogP contribution in [0.5, 0.6) is 0 Å². The van der Waals surface area contributed by atoms with E-state index < -0.39 is 0 Å². The van der Waals surface area contributed by atoms with Gasteiger partial charge in [0.2, 0.25) is 0 Å². The van der Waals surface area contributed by atoms with Gasteiger partial charge in [-0.05, 0) is 18.2 Å². The number of benzene rings is 1. The molecule has 1 heterocycles. The number of aromatic amines is 1. The number of ether oxygens (including phenoxy) is 1. The van der Waals surface area contributed by atoms with Crippen LogP contribution in [0.1, 0.15) is 11.4 Å². The fourth-order valence-corrected chi connectivity index (χ4v) is 1.34. The summed E-state index contributed by atoms with van der Waals surface area (Å²) in [4.78, 5) is 7.37. The summed E-state index contributed by atoms with van der Waals surface area (Å²) in [6, 6.07) is 7.43. The molecule has 0 amide bonds. The molecule has 2 rings (SSSR count). The molecule has 0 radical (unpaired) electrons. The van der Waals surface area contributed by atoms with Crippen molar-refractivity contribution in [2.45, 2.75) is 6.61 Å². The number of nitrogens with one attached hydrogen (secondary N) is 1. The minimum atomic E-state index is 0.455. The van der Waals surface area contributed by atoms with Gasteiger partial charge in [0.05, 0.1) is 22.7 Å². The van der Waals surface area contributed by atoms with E-state index in [-0.39, 0.29) is 0 Å². The lowest BCUT2D eigenvalue weighted by molar-refractivity contribution is 0.179. The molecule has 0 saturated carbocycles. The van der Waals surface area contributed by atoms with Crippen molar-refractivity contribution < 1.29 is 4.74 Å². The van der Waals surface area contributed by atoms with E-state index in [0.717, 1.165) is 16.9 Å². The second kappa shape index (κ2) is 3.48. The quantitative estimate of drug-likeness (QED) is 0.776. The Balaban J connectivity index is 2.50. The van der Waals surface area contributed by atoms with Gasteiger partial charge < -0.3 is 9.72 Å². The third kappa shape index (κ3) is 1.45. The lowest BCUT2D eigenvalue weighted by Crippen LogP contribution is -1.88. The highest BCUT2D eigenvalue weighted by atomic mass is 16.5. The first-order chi connectivity index (χ1) is 6.83. The second-order valence-corrected chi connectivity index (χ2v) is 2.96. The molecule has 0 aliphatic heterocycles. The van der Waals surface area contributed by atoms with Crippen LogP contribution in [0, 0.1) is 11.3 Å². The lowest BCUT2D eigenvalue weighted by Gasteiger charge is -1.89. The topological polar surface area (TPSA) is 61.7 Å². The molecule has 4 nitrogen and oxygen atoms in total. The average molecular weight is 187 g/mol. The molecule has 0 bridgehead atoms. The molecule has 70 valence electrons. The Morgan fingerprint density at radius 2 is 2.43 bits per heavy atom. The van der Waals surface area contributed by atoms with Crippen molar-refractivity contribution >= 4 is 11.0 Å². The summed E-state index contributed by atoms with van der Waals surface area (Å²) in [6.07, 6.45) is 0. The van der Waals surface area contributed by atoms with Gasteiger partial charge in [0, 0.05) is 7.11 Å².